The molecule has 0 aliphatic carbocycles. The topological polar surface area (TPSA) is 112 Å². The smallest absolute Gasteiger partial charge is 0.260 e. The molecule has 0 unspecified atom stereocenters. The minimum atomic E-state index is -0.284. The van der Waals surface area contributed by atoms with Gasteiger partial charge in [-0.1, -0.05) is 18.2 Å². The fourth-order valence-corrected chi connectivity index (χ4v) is 2.43. The van der Waals surface area contributed by atoms with Crippen LogP contribution in [0.2, 0.25) is 0 Å². The summed E-state index contributed by atoms with van der Waals surface area (Å²) in [4.78, 5) is 26.8. The lowest BCUT2D eigenvalue weighted by molar-refractivity contribution is 0.102. The molecule has 1 amide bonds. The van der Waals surface area contributed by atoms with Crippen molar-refractivity contribution in [2.24, 2.45) is 0 Å². The van der Waals surface area contributed by atoms with Gasteiger partial charge >= 0.3 is 0 Å². The number of aromatic nitrogens is 4. The van der Waals surface area contributed by atoms with Gasteiger partial charge in [0.1, 0.15) is 0 Å². The molecule has 0 atom stereocenters. The van der Waals surface area contributed by atoms with Gasteiger partial charge in [-0.25, -0.2) is 9.97 Å². The average Bonchev–Trinajstić information content (AvgIpc) is 3.07. The van der Waals surface area contributed by atoms with Gasteiger partial charge in [0.05, 0.1) is 27.6 Å². The summed E-state index contributed by atoms with van der Waals surface area (Å²) < 4.78 is 0. The number of carbonyl (C=O) groups excluding carboxylic acids is 1. The van der Waals surface area contributed by atoms with Crippen molar-refractivity contribution >= 4 is 39.9 Å². The van der Waals surface area contributed by atoms with E-state index < -0.39 is 0 Å². The molecule has 108 valence electrons. The standard InChI is InChI=1S/C15H12N6O/c16-14-17-11-7-3-4-8(12(11)20-14)13(22)21-15-18-9-5-1-2-6-10(9)19-15/h1-7H,(H3,16,17,20)(H2,18,19,21,22). The number of hydrogen-bond donors (Lipinski definition) is 4. The fraction of sp³-hybridized carbons (Fsp3) is 0. The van der Waals surface area contributed by atoms with Crippen molar-refractivity contribution in [2.75, 3.05) is 11.1 Å². The molecule has 0 fully saturated rings. The van der Waals surface area contributed by atoms with Crippen LogP contribution >= 0.6 is 0 Å². The minimum absolute atomic E-state index is 0.277. The van der Waals surface area contributed by atoms with Crippen molar-refractivity contribution in [1.29, 1.82) is 0 Å². The zero-order valence-electron chi connectivity index (χ0n) is 11.4. The lowest BCUT2D eigenvalue weighted by Crippen LogP contribution is -2.13. The van der Waals surface area contributed by atoms with Gasteiger partial charge in [0, 0.05) is 0 Å². The Kier molecular flexibility index (Phi) is 2.59. The molecule has 2 aromatic heterocycles. The van der Waals surface area contributed by atoms with E-state index in [2.05, 4.69) is 25.3 Å². The molecule has 2 heterocycles. The normalized spacial score (nSPS) is 11.1. The number of nitrogen functional groups attached to an aromatic ring is 1. The predicted molar refractivity (Wildman–Crippen MR) is 84.6 cm³/mol. The molecule has 0 bridgehead atoms. The molecule has 5 N–H and O–H groups in total. The molecule has 7 nitrogen and oxygen atoms in total. The first-order chi connectivity index (χ1) is 10.7. The maximum atomic E-state index is 12.5. The largest absolute Gasteiger partial charge is 0.369 e. The Balaban J connectivity index is 1.71. The van der Waals surface area contributed by atoms with Crippen molar-refractivity contribution in [3.63, 3.8) is 0 Å². The minimum Gasteiger partial charge on any atom is -0.369 e. The summed E-state index contributed by atoms with van der Waals surface area (Å²) in [5, 5.41) is 2.75. The Bertz CT molecular complexity index is 967. The number of fused-ring (bicyclic) bond motifs is 2. The van der Waals surface area contributed by atoms with E-state index in [1.54, 1.807) is 18.2 Å². The fourth-order valence-electron chi connectivity index (χ4n) is 2.43. The summed E-state index contributed by atoms with van der Waals surface area (Å²) in [6.07, 6.45) is 0. The third-order valence-electron chi connectivity index (χ3n) is 3.40. The maximum absolute atomic E-state index is 12.5. The SMILES string of the molecule is Nc1nc2cccc(C(=O)Nc3nc4ccccc4[nH]3)c2[nH]1. The molecule has 2 aromatic carbocycles. The zero-order chi connectivity index (χ0) is 15.1. The van der Waals surface area contributed by atoms with Crippen molar-refractivity contribution in [1.82, 2.24) is 19.9 Å². The molecule has 4 rings (SSSR count). The number of hydrogen-bond acceptors (Lipinski definition) is 4. The van der Waals surface area contributed by atoms with Crippen molar-refractivity contribution in [3.05, 3.63) is 48.0 Å². The molecule has 4 aromatic rings. The predicted octanol–water partition coefficient (Wildman–Crippen LogP) is 2.27. The Hall–Kier alpha value is -3.35. The Morgan fingerprint density at radius 2 is 1.82 bits per heavy atom. The van der Waals surface area contributed by atoms with E-state index in [1.165, 1.54) is 0 Å². The maximum Gasteiger partial charge on any atom is 0.260 e. The van der Waals surface area contributed by atoms with Crippen LogP contribution in [0.25, 0.3) is 22.1 Å². The number of amides is 1. The molecule has 22 heavy (non-hydrogen) atoms. The van der Waals surface area contributed by atoms with E-state index in [9.17, 15) is 4.79 Å². The monoisotopic (exact) mass is 292 g/mol. The second kappa shape index (κ2) is 4.59. The van der Waals surface area contributed by atoms with Gasteiger partial charge in [0.15, 0.2) is 5.95 Å². The van der Waals surface area contributed by atoms with E-state index in [0.29, 0.717) is 22.5 Å². The van der Waals surface area contributed by atoms with E-state index >= 15 is 0 Å². The molecule has 7 heteroatoms. The van der Waals surface area contributed by atoms with Crippen LogP contribution in [0.4, 0.5) is 11.9 Å². The lowest BCUT2D eigenvalue weighted by atomic mass is 10.2. The highest BCUT2D eigenvalue weighted by molar-refractivity contribution is 6.11. The number of aromatic amines is 2. The highest BCUT2D eigenvalue weighted by Gasteiger charge is 2.14. The first-order valence-corrected chi connectivity index (χ1v) is 6.71. The molecule has 0 radical (unpaired) electrons. The first kappa shape index (κ1) is 12.4. The van der Waals surface area contributed by atoms with Crippen LogP contribution in [-0.4, -0.2) is 25.8 Å². The van der Waals surface area contributed by atoms with Crippen molar-refractivity contribution in [2.45, 2.75) is 0 Å². The van der Waals surface area contributed by atoms with Gasteiger partial charge in [0.2, 0.25) is 5.95 Å². The van der Waals surface area contributed by atoms with Gasteiger partial charge in [-0.15, -0.1) is 0 Å². The van der Waals surface area contributed by atoms with Gasteiger partial charge in [-0.2, -0.15) is 0 Å². The number of anilines is 2. The second-order valence-electron chi connectivity index (χ2n) is 4.88. The van der Waals surface area contributed by atoms with E-state index in [0.717, 1.165) is 11.0 Å². The number of H-pyrrole nitrogens is 2. The zero-order valence-corrected chi connectivity index (χ0v) is 11.4. The van der Waals surface area contributed by atoms with Crippen LogP contribution in [0, 0.1) is 0 Å². The summed E-state index contributed by atoms with van der Waals surface area (Å²) >= 11 is 0. The molecular formula is C15H12N6O. The van der Waals surface area contributed by atoms with Crippen LogP contribution in [0.5, 0.6) is 0 Å². The molecule has 0 aliphatic heterocycles. The number of rotatable bonds is 2. The number of benzene rings is 2. The molecular weight excluding hydrogens is 280 g/mol. The summed E-state index contributed by atoms with van der Waals surface area (Å²) in [5.41, 5.74) is 9.02. The highest BCUT2D eigenvalue weighted by Crippen LogP contribution is 2.19. The second-order valence-corrected chi connectivity index (χ2v) is 4.88. The van der Waals surface area contributed by atoms with Crippen LogP contribution in [-0.2, 0) is 0 Å². The quantitative estimate of drug-likeness (QED) is 0.454. The molecule has 0 aliphatic rings. The third-order valence-corrected chi connectivity index (χ3v) is 3.40. The van der Waals surface area contributed by atoms with Gasteiger partial charge in [-0.05, 0) is 24.3 Å². The summed E-state index contributed by atoms with van der Waals surface area (Å²) in [6, 6.07) is 12.8. The summed E-state index contributed by atoms with van der Waals surface area (Å²) in [7, 11) is 0. The Morgan fingerprint density at radius 3 is 2.68 bits per heavy atom. The number of nitrogens with one attached hydrogen (secondary N) is 3. The van der Waals surface area contributed by atoms with Crippen molar-refractivity contribution in [3.8, 4) is 0 Å². The Labute approximate surface area is 124 Å². The third kappa shape index (κ3) is 1.96. The van der Waals surface area contributed by atoms with Gasteiger partial charge < -0.3 is 15.7 Å². The average molecular weight is 292 g/mol. The number of nitrogens with two attached hydrogens (primary N) is 1. The van der Waals surface area contributed by atoms with Crippen LogP contribution in [0.15, 0.2) is 42.5 Å². The molecule has 0 saturated carbocycles. The number of imidazole rings is 2. The summed E-state index contributed by atoms with van der Waals surface area (Å²) in [5.74, 6) is 0.392. The molecule has 0 saturated heterocycles. The van der Waals surface area contributed by atoms with Crippen LogP contribution < -0.4 is 11.1 Å². The van der Waals surface area contributed by atoms with Crippen LogP contribution in [0.3, 0.4) is 0 Å². The van der Waals surface area contributed by atoms with Gasteiger partial charge in [0.25, 0.3) is 5.91 Å². The number of carbonyl (C=O) groups is 1. The highest BCUT2D eigenvalue weighted by atomic mass is 16.1. The van der Waals surface area contributed by atoms with E-state index in [4.69, 9.17) is 5.73 Å². The van der Waals surface area contributed by atoms with Crippen molar-refractivity contribution < 1.29 is 4.79 Å². The Morgan fingerprint density at radius 1 is 1.00 bits per heavy atom. The first-order valence-electron chi connectivity index (χ1n) is 6.71. The lowest BCUT2D eigenvalue weighted by Gasteiger charge is -2.02. The summed E-state index contributed by atoms with van der Waals surface area (Å²) in [6.45, 7) is 0. The number of nitrogens with zero attached hydrogens (tertiary/aromatic N) is 2. The van der Waals surface area contributed by atoms with Gasteiger partial charge in [-0.3, -0.25) is 10.1 Å². The number of para-hydroxylation sites is 3. The molecule has 0 spiro atoms. The van der Waals surface area contributed by atoms with E-state index in [-0.39, 0.29) is 11.9 Å². The van der Waals surface area contributed by atoms with E-state index in [1.807, 2.05) is 24.3 Å². The van der Waals surface area contributed by atoms with Crippen LogP contribution in [0.1, 0.15) is 10.4 Å².